The van der Waals surface area contributed by atoms with E-state index in [4.69, 9.17) is 4.52 Å². The summed E-state index contributed by atoms with van der Waals surface area (Å²) in [6.07, 6.45) is 1.06. The fourth-order valence-electron chi connectivity index (χ4n) is 2.48. The van der Waals surface area contributed by atoms with E-state index in [1.807, 2.05) is 6.92 Å². The molecule has 0 aliphatic carbocycles. The third kappa shape index (κ3) is 2.43. The van der Waals surface area contributed by atoms with E-state index in [9.17, 15) is 9.18 Å². The van der Waals surface area contributed by atoms with Crippen LogP contribution in [0.2, 0.25) is 0 Å². The molecule has 0 atom stereocenters. The fraction of sp³-hybridized carbons (Fsp3) is 0.333. The monoisotopic (exact) mass is 274 g/mol. The summed E-state index contributed by atoms with van der Waals surface area (Å²) >= 11 is 0. The predicted octanol–water partition coefficient (Wildman–Crippen LogP) is 2.25. The molecule has 2 aromatic rings. The van der Waals surface area contributed by atoms with E-state index in [1.165, 1.54) is 12.1 Å². The van der Waals surface area contributed by atoms with Gasteiger partial charge in [0.1, 0.15) is 5.82 Å². The van der Waals surface area contributed by atoms with Crippen LogP contribution in [-0.2, 0) is 24.2 Å². The van der Waals surface area contributed by atoms with E-state index < -0.39 is 0 Å². The molecule has 0 saturated carbocycles. The Balaban J connectivity index is 1.68. The number of fused-ring (bicyclic) bond motifs is 1. The Labute approximate surface area is 116 Å². The molecule has 0 bridgehead atoms. The molecule has 1 aliphatic rings. The zero-order chi connectivity index (χ0) is 14.1. The summed E-state index contributed by atoms with van der Waals surface area (Å²) in [4.78, 5) is 14.0. The number of hydrogen-bond acceptors (Lipinski definition) is 3. The van der Waals surface area contributed by atoms with Crippen LogP contribution in [0.15, 0.2) is 28.8 Å². The second-order valence-corrected chi connectivity index (χ2v) is 5.04. The van der Waals surface area contributed by atoms with Crippen LogP contribution in [0.3, 0.4) is 0 Å². The molecule has 1 aromatic carbocycles. The van der Waals surface area contributed by atoms with E-state index in [-0.39, 0.29) is 18.1 Å². The topological polar surface area (TPSA) is 46.3 Å². The van der Waals surface area contributed by atoms with Crippen molar-refractivity contribution in [3.8, 4) is 0 Å². The predicted molar refractivity (Wildman–Crippen MR) is 70.5 cm³/mol. The maximum absolute atomic E-state index is 12.8. The molecular weight excluding hydrogens is 259 g/mol. The second-order valence-electron chi connectivity index (χ2n) is 5.04. The van der Waals surface area contributed by atoms with Crippen LogP contribution < -0.4 is 0 Å². The molecule has 4 nitrogen and oxygen atoms in total. The number of carbonyl (C=O) groups excluding carboxylic acids is 1. The van der Waals surface area contributed by atoms with Crippen LogP contribution in [0, 0.1) is 12.7 Å². The maximum Gasteiger partial charge on any atom is 0.227 e. The van der Waals surface area contributed by atoms with E-state index in [2.05, 4.69) is 5.16 Å². The number of aromatic nitrogens is 1. The number of nitrogens with zero attached hydrogens (tertiary/aromatic N) is 2. The highest BCUT2D eigenvalue weighted by Crippen LogP contribution is 2.22. The van der Waals surface area contributed by atoms with Gasteiger partial charge in [-0.15, -0.1) is 0 Å². The summed E-state index contributed by atoms with van der Waals surface area (Å²) in [5.41, 5.74) is 2.84. The lowest BCUT2D eigenvalue weighted by atomic mass is 10.0. The van der Waals surface area contributed by atoms with Gasteiger partial charge in [-0.25, -0.2) is 4.39 Å². The Morgan fingerprint density at radius 3 is 2.90 bits per heavy atom. The molecule has 1 amide bonds. The average Bonchev–Trinajstić information content (AvgIpc) is 2.82. The molecule has 0 saturated heterocycles. The molecule has 1 aromatic heterocycles. The molecule has 104 valence electrons. The van der Waals surface area contributed by atoms with Gasteiger partial charge in [-0.05, 0) is 31.0 Å². The first-order valence-corrected chi connectivity index (χ1v) is 6.60. The smallest absolute Gasteiger partial charge is 0.227 e. The Bertz CT molecular complexity index is 634. The SMILES string of the molecule is Cc1noc2c1CCN(C(=O)Cc1ccc(F)cc1)C2. The number of halogens is 1. The standard InChI is InChI=1S/C15H15FN2O2/c1-10-13-6-7-18(9-14(13)20-17-10)15(19)8-11-2-4-12(16)5-3-11/h2-5H,6-9H2,1H3. The lowest BCUT2D eigenvalue weighted by molar-refractivity contribution is -0.131. The van der Waals surface area contributed by atoms with Gasteiger partial charge in [-0.1, -0.05) is 17.3 Å². The van der Waals surface area contributed by atoms with Crippen molar-refractivity contribution < 1.29 is 13.7 Å². The van der Waals surface area contributed by atoms with Crippen molar-refractivity contribution in [2.24, 2.45) is 0 Å². The van der Waals surface area contributed by atoms with Crippen LogP contribution >= 0.6 is 0 Å². The number of benzene rings is 1. The molecule has 1 aliphatic heterocycles. The van der Waals surface area contributed by atoms with Gasteiger partial charge in [-0.3, -0.25) is 4.79 Å². The lowest BCUT2D eigenvalue weighted by Gasteiger charge is -2.25. The van der Waals surface area contributed by atoms with Gasteiger partial charge in [0.2, 0.25) is 5.91 Å². The van der Waals surface area contributed by atoms with Crippen LogP contribution in [0.4, 0.5) is 4.39 Å². The van der Waals surface area contributed by atoms with E-state index >= 15 is 0 Å². The van der Waals surface area contributed by atoms with Crippen LogP contribution in [0.1, 0.15) is 22.6 Å². The molecule has 0 fully saturated rings. The zero-order valence-electron chi connectivity index (χ0n) is 11.2. The summed E-state index contributed by atoms with van der Waals surface area (Å²) in [6, 6.07) is 6.02. The van der Waals surface area contributed by atoms with Gasteiger partial charge in [0.05, 0.1) is 18.7 Å². The Hall–Kier alpha value is -2.17. The number of amides is 1. The van der Waals surface area contributed by atoms with Gasteiger partial charge in [-0.2, -0.15) is 0 Å². The van der Waals surface area contributed by atoms with Crippen molar-refractivity contribution in [2.45, 2.75) is 26.3 Å². The van der Waals surface area contributed by atoms with E-state index in [1.54, 1.807) is 17.0 Å². The van der Waals surface area contributed by atoms with Gasteiger partial charge in [0.15, 0.2) is 5.76 Å². The van der Waals surface area contributed by atoms with Gasteiger partial charge in [0.25, 0.3) is 0 Å². The number of rotatable bonds is 2. The summed E-state index contributed by atoms with van der Waals surface area (Å²) in [7, 11) is 0. The van der Waals surface area contributed by atoms with Gasteiger partial charge < -0.3 is 9.42 Å². The van der Waals surface area contributed by atoms with Crippen LogP contribution in [0.25, 0.3) is 0 Å². The van der Waals surface area contributed by atoms with E-state index in [0.717, 1.165) is 29.0 Å². The summed E-state index contributed by atoms with van der Waals surface area (Å²) in [5, 5.41) is 3.93. The minimum Gasteiger partial charge on any atom is -0.359 e. The zero-order valence-corrected chi connectivity index (χ0v) is 11.2. The first kappa shape index (κ1) is 12.8. The quantitative estimate of drug-likeness (QED) is 0.843. The maximum atomic E-state index is 12.8. The summed E-state index contributed by atoms with van der Waals surface area (Å²) in [5.74, 6) is 0.512. The second kappa shape index (κ2) is 5.07. The molecule has 20 heavy (non-hydrogen) atoms. The normalized spacial score (nSPS) is 14.2. The summed E-state index contributed by atoms with van der Waals surface area (Å²) < 4.78 is 18.1. The molecule has 3 rings (SSSR count). The van der Waals surface area contributed by atoms with Crippen LogP contribution in [0.5, 0.6) is 0 Å². The third-order valence-corrected chi connectivity index (χ3v) is 3.65. The molecular formula is C15H15FN2O2. The molecule has 0 spiro atoms. The Morgan fingerprint density at radius 1 is 1.40 bits per heavy atom. The molecule has 0 unspecified atom stereocenters. The summed E-state index contributed by atoms with van der Waals surface area (Å²) in [6.45, 7) is 3.06. The van der Waals surface area contributed by atoms with Gasteiger partial charge >= 0.3 is 0 Å². The first-order chi connectivity index (χ1) is 9.63. The Kier molecular flexibility index (Phi) is 3.26. The van der Waals surface area contributed by atoms with Crippen molar-refractivity contribution in [1.82, 2.24) is 10.1 Å². The highest BCUT2D eigenvalue weighted by Gasteiger charge is 2.25. The molecule has 0 N–H and O–H groups in total. The lowest BCUT2D eigenvalue weighted by Crippen LogP contribution is -2.36. The minimum absolute atomic E-state index is 0.0244. The minimum atomic E-state index is -0.291. The third-order valence-electron chi connectivity index (χ3n) is 3.65. The molecule has 0 radical (unpaired) electrons. The van der Waals surface area contributed by atoms with E-state index in [0.29, 0.717) is 13.1 Å². The largest absolute Gasteiger partial charge is 0.359 e. The van der Waals surface area contributed by atoms with Crippen molar-refractivity contribution in [3.05, 3.63) is 52.7 Å². The average molecular weight is 274 g/mol. The molecule has 5 heteroatoms. The van der Waals surface area contributed by atoms with Crippen molar-refractivity contribution in [1.29, 1.82) is 0 Å². The number of aryl methyl sites for hydroxylation is 1. The fourth-order valence-corrected chi connectivity index (χ4v) is 2.48. The highest BCUT2D eigenvalue weighted by molar-refractivity contribution is 5.79. The highest BCUT2D eigenvalue weighted by atomic mass is 19.1. The van der Waals surface area contributed by atoms with Crippen molar-refractivity contribution >= 4 is 5.91 Å². The van der Waals surface area contributed by atoms with Crippen LogP contribution in [-0.4, -0.2) is 22.5 Å². The van der Waals surface area contributed by atoms with Crippen molar-refractivity contribution in [2.75, 3.05) is 6.54 Å². The first-order valence-electron chi connectivity index (χ1n) is 6.60. The van der Waals surface area contributed by atoms with Crippen molar-refractivity contribution in [3.63, 3.8) is 0 Å². The number of carbonyl (C=O) groups is 1. The van der Waals surface area contributed by atoms with Gasteiger partial charge in [0, 0.05) is 12.1 Å². The number of hydrogen-bond donors (Lipinski definition) is 0. The Morgan fingerprint density at radius 2 is 2.15 bits per heavy atom. The molecule has 2 heterocycles.